The first kappa shape index (κ1) is 18.3. The third-order valence-corrected chi connectivity index (χ3v) is 5.01. The van der Waals surface area contributed by atoms with Gasteiger partial charge in [0.15, 0.2) is 18.1 Å². The van der Waals surface area contributed by atoms with E-state index in [2.05, 4.69) is 5.32 Å². The normalized spacial score (nSPS) is 17.4. The molecule has 0 fully saturated rings. The number of para-hydroxylation sites is 2. The van der Waals surface area contributed by atoms with Crippen molar-refractivity contribution in [1.29, 1.82) is 0 Å². The Balaban J connectivity index is 1.23. The minimum atomic E-state index is -0.477. The Morgan fingerprint density at radius 1 is 1.04 bits per heavy atom. The van der Waals surface area contributed by atoms with Crippen LogP contribution in [-0.4, -0.2) is 37.7 Å². The van der Waals surface area contributed by atoms with Gasteiger partial charge >= 0.3 is 5.97 Å². The average molecular weight is 381 g/mol. The molecule has 0 radical (unpaired) electrons. The second-order valence-corrected chi connectivity index (χ2v) is 7.07. The number of carbonyl (C=O) groups is 2. The molecule has 2 aromatic rings. The SMILES string of the molecule is O=C(COC(=O)c1ccc2c(c1)CCCC2)NC[C@@H]1COc2ccccc2O1. The summed E-state index contributed by atoms with van der Waals surface area (Å²) in [6.45, 7) is 0.315. The van der Waals surface area contributed by atoms with Crippen LogP contribution in [-0.2, 0) is 22.4 Å². The lowest BCUT2D eigenvalue weighted by Crippen LogP contribution is -2.42. The number of esters is 1. The van der Waals surface area contributed by atoms with Gasteiger partial charge < -0.3 is 19.5 Å². The van der Waals surface area contributed by atoms with Crippen LogP contribution >= 0.6 is 0 Å². The van der Waals surface area contributed by atoms with Gasteiger partial charge in [0.1, 0.15) is 12.7 Å². The average Bonchev–Trinajstić information content (AvgIpc) is 2.75. The van der Waals surface area contributed by atoms with Crippen molar-refractivity contribution in [1.82, 2.24) is 5.32 Å². The first-order valence-electron chi connectivity index (χ1n) is 9.63. The zero-order chi connectivity index (χ0) is 19.3. The second-order valence-electron chi connectivity index (χ2n) is 7.07. The van der Waals surface area contributed by atoms with Crippen LogP contribution in [0.4, 0.5) is 0 Å². The van der Waals surface area contributed by atoms with Crippen LogP contribution in [0.25, 0.3) is 0 Å². The number of amides is 1. The van der Waals surface area contributed by atoms with E-state index in [1.165, 1.54) is 17.5 Å². The van der Waals surface area contributed by atoms with Crippen molar-refractivity contribution in [2.45, 2.75) is 31.8 Å². The monoisotopic (exact) mass is 381 g/mol. The van der Waals surface area contributed by atoms with E-state index in [1.807, 2.05) is 36.4 Å². The summed E-state index contributed by atoms with van der Waals surface area (Å²) in [4.78, 5) is 24.2. The molecule has 1 aliphatic heterocycles. The van der Waals surface area contributed by atoms with E-state index >= 15 is 0 Å². The number of carbonyl (C=O) groups excluding carboxylic acids is 2. The Bertz CT molecular complexity index is 879. The minimum Gasteiger partial charge on any atom is -0.486 e. The van der Waals surface area contributed by atoms with Gasteiger partial charge in [-0.2, -0.15) is 0 Å². The molecular formula is C22H23NO5. The fourth-order valence-corrected chi connectivity index (χ4v) is 3.52. The van der Waals surface area contributed by atoms with E-state index in [9.17, 15) is 9.59 Å². The standard InChI is InChI=1S/C22H23NO5/c24-21(23-12-18-13-26-19-7-3-4-8-20(19)28-18)14-27-22(25)17-10-9-15-5-1-2-6-16(15)11-17/h3-4,7-11,18H,1-2,5-6,12-14H2,(H,23,24)/t18-/m1/s1. The summed E-state index contributed by atoms with van der Waals surface area (Å²) in [7, 11) is 0. The Hall–Kier alpha value is -3.02. The van der Waals surface area contributed by atoms with E-state index in [1.54, 1.807) is 6.07 Å². The number of hydrogen-bond donors (Lipinski definition) is 1. The van der Waals surface area contributed by atoms with Gasteiger partial charge in [0.2, 0.25) is 0 Å². The highest BCUT2D eigenvalue weighted by Gasteiger charge is 2.21. The Morgan fingerprint density at radius 3 is 2.68 bits per heavy atom. The van der Waals surface area contributed by atoms with E-state index < -0.39 is 5.97 Å². The Kier molecular flexibility index (Phi) is 5.46. The van der Waals surface area contributed by atoms with Crippen molar-refractivity contribution in [3.63, 3.8) is 0 Å². The number of fused-ring (bicyclic) bond motifs is 2. The highest BCUT2D eigenvalue weighted by molar-refractivity contribution is 5.91. The maximum Gasteiger partial charge on any atom is 0.338 e. The fraction of sp³-hybridized carbons (Fsp3) is 0.364. The lowest BCUT2D eigenvalue weighted by molar-refractivity contribution is -0.124. The van der Waals surface area contributed by atoms with Gasteiger partial charge in [-0.15, -0.1) is 0 Å². The molecule has 0 unspecified atom stereocenters. The molecule has 1 atom stereocenters. The van der Waals surface area contributed by atoms with E-state index in [0.29, 0.717) is 23.7 Å². The smallest absolute Gasteiger partial charge is 0.338 e. The zero-order valence-corrected chi connectivity index (χ0v) is 15.6. The minimum absolute atomic E-state index is 0.281. The van der Waals surface area contributed by atoms with E-state index in [4.69, 9.17) is 14.2 Å². The third-order valence-electron chi connectivity index (χ3n) is 5.01. The van der Waals surface area contributed by atoms with Gasteiger partial charge in [-0.25, -0.2) is 4.79 Å². The van der Waals surface area contributed by atoms with Crippen LogP contribution in [0.15, 0.2) is 42.5 Å². The lowest BCUT2D eigenvalue weighted by atomic mass is 9.90. The zero-order valence-electron chi connectivity index (χ0n) is 15.6. The van der Waals surface area contributed by atoms with Crippen molar-refractivity contribution in [2.24, 2.45) is 0 Å². The predicted octanol–water partition coefficient (Wildman–Crippen LogP) is 2.68. The molecule has 2 aromatic carbocycles. The first-order chi connectivity index (χ1) is 13.7. The summed E-state index contributed by atoms with van der Waals surface area (Å²) in [5.74, 6) is 0.513. The molecule has 1 heterocycles. The predicted molar refractivity (Wildman–Crippen MR) is 103 cm³/mol. The van der Waals surface area contributed by atoms with Crippen molar-refractivity contribution in [3.8, 4) is 11.5 Å². The lowest BCUT2D eigenvalue weighted by Gasteiger charge is -2.26. The number of ether oxygens (including phenoxy) is 3. The van der Waals surface area contributed by atoms with Gasteiger partial charge in [0.25, 0.3) is 5.91 Å². The highest BCUT2D eigenvalue weighted by atomic mass is 16.6. The molecule has 0 bridgehead atoms. The van der Waals surface area contributed by atoms with E-state index in [-0.39, 0.29) is 25.2 Å². The number of rotatable bonds is 5. The quantitative estimate of drug-likeness (QED) is 0.806. The molecule has 28 heavy (non-hydrogen) atoms. The summed E-state index contributed by atoms with van der Waals surface area (Å²) < 4.78 is 16.5. The summed E-state index contributed by atoms with van der Waals surface area (Å²) >= 11 is 0. The van der Waals surface area contributed by atoms with Gasteiger partial charge in [-0.05, 0) is 61.1 Å². The Labute approximate surface area is 163 Å². The molecule has 146 valence electrons. The molecule has 2 aliphatic rings. The van der Waals surface area contributed by atoms with Crippen LogP contribution in [0, 0.1) is 0 Å². The maximum absolute atomic E-state index is 12.2. The fourth-order valence-electron chi connectivity index (χ4n) is 3.52. The maximum atomic E-state index is 12.2. The molecule has 4 rings (SSSR count). The molecule has 6 heteroatoms. The summed E-state index contributed by atoms with van der Waals surface area (Å²) in [5, 5.41) is 2.72. The van der Waals surface area contributed by atoms with Crippen LogP contribution < -0.4 is 14.8 Å². The second kappa shape index (κ2) is 8.33. The van der Waals surface area contributed by atoms with Crippen molar-refractivity contribution >= 4 is 11.9 Å². The number of aryl methyl sites for hydroxylation is 2. The molecular weight excluding hydrogens is 358 g/mol. The van der Waals surface area contributed by atoms with Crippen molar-refractivity contribution in [2.75, 3.05) is 19.8 Å². The molecule has 0 saturated carbocycles. The van der Waals surface area contributed by atoms with Crippen LogP contribution in [0.2, 0.25) is 0 Å². The van der Waals surface area contributed by atoms with Gasteiger partial charge in [0.05, 0.1) is 12.1 Å². The molecule has 1 amide bonds. The number of hydrogen-bond acceptors (Lipinski definition) is 5. The van der Waals surface area contributed by atoms with E-state index in [0.717, 1.165) is 19.3 Å². The van der Waals surface area contributed by atoms with Crippen molar-refractivity contribution in [3.05, 3.63) is 59.2 Å². The molecule has 6 nitrogen and oxygen atoms in total. The van der Waals surface area contributed by atoms with Crippen LogP contribution in [0.1, 0.15) is 34.3 Å². The molecule has 1 N–H and O–H groups in total. The van der Waals surface area contributed by atoms with Crippen LogP contribution in [0.5, 0.6) is 11.5 Å². The van der Waals surface area contributed by atoms with Gasteiger partial charge in [0, 0.05) is 0 Å². The molecule has 0 saturated heterocycles. The molecule has 0 spiro atoms. The third kappa shape index (κ3) is 4.27. The Morgan fingerprint density at radius 2 is 1.82 bits per heavy atom. The summed E-state index contributed by atoms with van der Waals surface area (Å²) in [6, 6.07) is 13.1. The summed E-state index contributed by atoms with van der Waals surface area (Å²) in [5.41, 5.74) is 3.01. The highest BCUT2D eigenvalue weighted by Crippen LogP contribution is 2.30. The number of benzene rings is 2. The largest absolute Gasteiger partial charge is 0.486 e. The van der Waals surface area contributed by atoms with Gasteiger partial charge in [-0.3, -0.25) is 4.79 Å². The van der Waals surface area contributed by atoms with Gasteiger partial charge in [-0.1, -0.05) is 18.2 Å². The van der Waals surface area contributed by atoms with Crippen LogP contribution in [0.3, 0.4) is 0 Å². The summed E-state index contributed by atoms with van der Waals surface area (Å²) in [6.07, 6.45) is 4.10. The topological polar surface area (TPSA) is 73.9 Å². The van der Waals surface area contributed by atoms with Crippen molar-refractivity contribution < 1.29 is 23.8 Å². The first-order valence-corrected chi connectivity index (χ1v) is 9.63. The molecule has 0 aromatic heterocycles. The molecule has 1 aliphatic carbocycles. The number of nitrogens with one attached hydrogen (secondary N) is 1.